The number of aromatic nitrogens is 1. The largest absolute Gasteiger partial charge is 0.456 e. The number of nitrogens with two attached hydrogens (primary N) is 1. The van der Waals surface area contributed by atoms with E-state index in [1.165, 1.54) is 0 Å². The minimum absolute atomic E-state index is 0.240. The van der Waals surface area contributed by atoms with Crippen LogP contribution in [0.25, 0.3) is 10.9 Å². The Balaban J connectivity index is 1.73. The van der Waals surface area contributed by atoms with Gasteiger partial charge in [-0.1, -0.05) is 28.1 Å². The number of carbonyl (C=O) groups excluding carboxylic acids is 1. The van der Waals surface area contributed by atoms with Crippen molar-refractivity contribution in [2.75, 3.05) is 5.73 Å². The summed E-state index contributed by atoms with van der Waals surface area (Å²) in [6, 6.07) is 14.8. The molecule has 3 rings (SSSR count). The van der Waals surface area contributed by atoms with Crippen LogP contribution in [0.3, 0.4) is 0 Å². The molecule has 0 unspecified atom stereocenters. The van der Waals surface area contributed by atoms with Gasteiger partial charge in [-0.15, -0.1) is 0 Å². The Morgan fingerprint density at radius 2 is 1.90 bits per heavy atom. The average molecular weight is 345 g/mol. The van der Waals surface area contributed by atoms with Crippen LogP contribution in [0.15, 0.2) is 53.0 Å². The Labute approximate surface area is 130 Å². The number of ether oxygens (including phenoxy) is 1. The molecule has 0 radical (unpaired) electrons. The summed E-state index contributed by atoms with van der Waals surface area (Å²) >= 11 is 3.36. The van der Waals surface area contributed by atoms with Crippen molar-refractivity contribution in [3.63, 3.8) is 0 Å². The van der Waals surface area contributed by atoms with Crippen molar-refractivity contribution in [3.8, 4) is 0 Å². The molecule has 0 fully saturated rings. The van der Waals surface area contributed by atoms with Crippen LogP contribution in [0.5, 0.6) is 0 Å². The molecular weight excluding hydrogens is 332 g/mol. The second-order valence-corrected chi connectivity index (χ2v) is 5.65. The molecule has 1 heterocycles. The molecule has 0 saturated carbocycles. The zero-order valence-corrected chi connectivity index (χ0v) is 12.7. The molecule has 0 bridgehead atoms. The molecule has 0 spiro atoms. The van der Waals surface area contributed by atoms with E-state index in [1.54, 1.807) is 12.1 Å². The van der Waals surface area contributed by atoms with E-state index in [0.29, 0.717) is 11.4 Å². The summed E-state index contributed by atoms with van der Waals surface area (Å²) in [5.41, 5.74) is 8.61. The Morgan fingerprint density at radius 1 is 1.14 bits per heavy atom. The Hall–Kier alpha value is -2.27. The molecule has 3 N–H and O–H groups in total. The van der Waals surface area contributed by atoms with E-state index in [9.17, 15) is 4.79 Å². The highest BCUT2D eigenvalue weighted by Gasteiger charge is 2.11. The number of fused-ring (bicyclic) bond motifs is 1. The van der Waals surface area contributed by atoms with Crippen LogP contribution in [0.1, 0.15) is 16.1 Å². The maximum absolute atomic E-state index is 12.0. The standard InChI is InChI=1S/C16H13BrN2O2/c17-12-3-1-10(2-4-12)9-21-16(20)15-8-11-7-13(18)5-6-14(11)19-15/h1-8,19H,9,18H2. The molecule has 5 heteroatoms. The van der Waals surface area contributed by atoms with Crippen molar-refractivity contribution in [1.29, 1.82) is 0 Å². The first-order chi connectivity index (χ1) is 10.1. The number of carbonyl (C=O) groups is 1. The fraction of sp³-hybridized carbons (Fsp3) is 0.0625. The number of anilines is 1. The van der Waals surface area contributed by atoms with Crippen LogP contribution in [-0.4, -0.2) is 11.0 Å². The van der Waals surface area contributed by atoms with Crippen LogP contribution in [0, 0.1) is 0 Å². The minimum atomic E-state index is -0.382. The van der Waals surface area contributed by atoms with Gasteiger partial charge in [0.2, 0.25) is 0 Å². The SMILES string of the molecule is Nc1ccc2[nH]c(C(=O)OCc3ccc(Br)cc3)cc2c1. The number of aromatic amines is 1. The lowest BCUT2D eigenvalue weighted by Gasteiger charge is -2.03. The van der Waals surface area contributed by atoms with E-state index >= 15 is 0 Å². The summed E-state index contributed by atoms with van der Waals surface area (Å²) in [5.74, 6) is -0.382. The molecule has 1 aromatic heterocycles. The van der Waals surface area contributed by atoms with Gasteiger partial charge in [-0.25, -0.2) is 4.79 Å². The van der Waals surface area contributed by atoms with E-state index in [0.717, 1.165) is 20.9 Å². The summed E-state index contributed by atoms with van der Waals surface area (Å²) in [6.07, 6.45) is 0. The predicted octanol–water partition coefficient (Wildman–Crippen LogP) is 3.87. The number of rotatable bonds is 3. The zero-order valence-electron chi connectivity index (χ0n) is 11.1. The lowest BCUT2D eigenvalue weighted by atomic mass is 10.2. The molecule has 2 aromatic carbocycles. The van der Waals surface area contributed by atoms with Gasteiger partial charge < -0.3 is 15.5 Å². The van der Waals surface area contributed by atoms with Crippen LogP contribution in [-0.2, 0) is 11.3 Å². The van der Waals surface area contributed by atoms with Gasteiger partial charge in [-0.05, 0) is 42.0 Å². The third kappa shape index (κ3) is 3.08. The minimum Gasteiger partial charge on any atom is -0.456 e. The number of hydrogen-bond acceptors (Lipinski definition) is 3. The molecule has 0 aliphatic heterocycles. The second kappa shape index (κ2) is 5.61. The molecule has 3 aromatic rings. The lowest BCUT2D eigenvalue weighted by Crippen LogP contribution is -2.05. The summed E-state index contributed by atoms with van der Waals surface area (Å²) in [5, 5.41) is 0.894. The van der Waals surface area contributed by atoms with Crippen molar-refractivity contribution in [3.05, 3.63) is 64.3 Å². The van der Waals surface area contributed by atoms with Gasteiger partial charge in [0.15, 0.2) is 0 Å². The average Bonchev–Trinajstić information content (AvgIpc) is 2.89. The molecular formula is C16H13BrN2O2. The van der Waals surface area contributed by atoms with Gasteiger partial charge >= 0.3 is 5.97 Å². The molecule has 0 aliphatic rings. The van der Waals surface area contributed by atoms with E-state index in [-0.39, 0.29) is 12.6 Å². The van der Waals surface area contributed by atoms with Crippen molar-refractivity contribution in [2.24, 2.45) is 0 Å². The molecule has 106 valence electrons. The fourth-order valence-electron chi connectivity index (χ4n) is 2.07. The fourth-order valence-corrected chi connectivity index (χ4v) is 2.33. The van der Waals surface area contributed by atoms with E-state index in [4.69, 9.17) is 10.5 Å². The third-order valence-corrected chi connectivity index (χ3v) is 3.68. The Morgan fingerprint density at radius 3 is 2.67 bits per heavy atom. The van der Waals surface area contributed by atoms with Gasteiger partial charge in [-0.3, -0.25) is 0 Å². The van der Waals surface area contributed by atoms with Crippen molar-refractivity contribution < 1.29 is 9.53 Å². The molecule has 21 heavy (non-hydrogen) atoms. The third-order valence-electron chi connectivity index (χ3n) is 3.15. The number of esters is 1. The smallest absolute Gasteiger partial charge is 0.355 e. The van der Waals surface area contributed by atoms with E-state index in [2.05, 4.69) is 20.9 Å². The number of nitrogens with one attached hydrogen (secondary N) is 1. The van der Waals surface area contributed by atoms with Crippen LogP contribution >= 0.6 is 15.9 Å². The number of hydrogen-bond donors (Lipinski definition) is 2. The first kappa shape index (κ1) is 13.7. The normalized spacial score (nSPS) is 10.7. The predicted molar refractivity (Wildman–Crippen MR) is 86.0 cm³/mol. The topological polar surface area (TPSA) is 68.1 Å². The second-order valence-electron chi connectivity index (χ2n) is 4.73. The van der Waals surface area contributed by atoms with E-state index < -0.39 is 0 Å². The quantitative estimate of drug-likeness (QED) is 0.559. The maximum Gasteiger partial charge on any atom is 0.355 e. The first-order valence-electron chi connectivity index (χ1n) is 6.41. The molecule has 0 amide bonds. The highest BCUT2D eigenvalue weighted by Crippen LogP contribution is 2.19. The Bertz CT molecular complexity index is 794. The summed E-state index contributed by atoms with van der Waals surface area (Å²) < 4.78 is 6.29. The number of H-pyrrole nitrogens is 1. The Kier molecular flexibility index (Phi) is 3.66. The highest BCUT2D eigenvalue weighted by atomic mass is 79.9. The molecule has 4 nitrogen and oxygen atoms in total. The maximum atomic E-state index is 12.0. The van der Waals surface area contributed by atoms with E-state index in [1.807, 2.05) is 36.4 Å². The number of benzene rings is 2. The number of nitrogen functional groups attached to an aromatic ring is 1. The zero-order chi connectivity index (χ0) is 14.8. The van der Waals surface area contributed by atoms with Crippen molar-refractivity contribution >= 4 is 38.5 Å². The monoisotopic (exact) mass is 344 g/mol. The van der Waals surface area contributed by atoms with Crippen LogP contribution < -0.4 is 5.73 Å². The first-order valence-corrected chi connectivity index (χ1v) is 7.21. The summed E-state index contributed by atoms with van der Waals surface area (Å²) in [7, 11) is 0. The molecule has 0 aliphatic carbocycles. The molecule has 0 saturated heterocycles. The van der Waals surface area contributed by atoms with Crippen molar-refractivity contribution in [1.82, 2.24) is 4.98 Å². The summed E-state index contributed by atoms with van der Waals surface area (Å²) in [6.45, 7) is 0.240. The van der Waals surface area contributed by atoms with Gasteiger partial charge in [0.05, 0.1) is 0 Å². The summed E-state index contributed by atoms with van der Waals surface area (Å²) in [4.78, 5) is 15.1. The lowest BCUT2D eigenvalue weighted by molar-refractivity contribution is 0.0467. The number of halogens is 1. The van der Waals surface area contributed by atoms with Gasteiger partial charge in [0.25, 0.3) is 0 Å². The highest BCUT2D eigenvalue weighted by molar-refractivity contribution is 9.10. The van der Waals surface area contributed by atoms with Crippen molar-refractivity contribution in [2.45, 2.75) is 6.61 Å². The van der Waals surface area contributed by atoms with Crippen LogP contribution in [0.4, 0.5) is 5.69 Å². The molecule has 0 atom stereocenters. The van der Waals surface area contributed by atoms with Crippen LogP contribution in [0.2, 0.25) is 0 Å². The van der Waals surface area contributed by atoms with Gasteiger partial charge in [-0.2, -0.15) is 0 Å². The van der Waals surface area contributed by atoms with Gasteiger partial charge in [0.1, 0.15) is 12.3 Å². The van der Waals surface area contributed by atoms with Gasteiger partial charge in [0, 0.05) is 21.1 Å².